The molecule has 1 aromatic carbocycles. The summed E-state index contributed by atoms with van der Waals surface area (Å²) in [5.41, 5.74) is 0.282. The van der Waals surface area contributed by atoms with Crippen molar-refractivity contribution < 1.29 is 23.1 Å². The van der Waals surface area contributed by atoms with Gasteiger partial charge in [0.25, 0.3) is 5.91 Å². The second-order valence-electron chi connectivity index (χ2n) is 4.27. The summed E-state index contributed by atoms with van der Waals surface area (Å²) in [6, 6.07) is 4.95. The molecule has 0 heterocycles. The van der Waals surface area contributed by atoms with Crippen molar-refractivity contribution in [2.75, 3.05) is 6.26 Å². The van der Waals surface area contributed by atoms with E-state index in [0.29, 0.717) is 0 Å². The van der Waals surface area contributed by atoms with Gasteiger partial charge >= 0.3 is 5.97 Å². The van der Waals surface area contributed by atoms with Crippen LogP contribution in [-0.2, 0) is 14.6 Å². The maximum absolute atomic E-state index is 11.7. The van der Waals surface area contributed by atoms with Gasteiger partial charge in [-0.05, 0) is 31.2 Å². The Bertz CT molecular complexity index is 577. The average molecular weight is 285 g/mol. The molecular weight excluding hydrogens is 270 g/mol. The number of hydrogen-bond acceptors (Lipinski definition) is 4. The lowest BCUT2D eigenvalue weighted by Gasteiger charge is -2.11. The van der Waals surface area contributed by atoms with Crippen molar-refractivity contribution in [3.8, 4) is 0 Å². The molecule has 1 atom stereocenters. The van der Waals surface area contributed by atoms with E-state index in [1.165, 1.54) is 24.3 Å². The zero-order valence-corrected chi connectivity index (χ0v) is 11.4. The Kier molecular flexibility index (Phi) is 4.66. The van der Waals surface area contributed by atoms with Crippen LogP contribution < -0.4 is 5.32 Å². The second-order valence-corrected chi connectivity index (χ2v) is 6.28. The molecule has 1 amide bonds. The molecule has 1 rings (SSSR count). The Balaban J connectivity index is 2.76. The smallest absolute Gasteiger partial charge is 0.305 e. The largest absolute Gasteiger partial charge is 0.481 e. The summed E-state index contributed by atoms with van der Waals surface area (Å²) in [7, 11) is -3.29. The van der Waals surface area contributed by atoms with Crippen molar-refractivity contribution in [1.29, 1.82) is 0 Å². The lowest BCUT2D eigenvalue weighted by Crippen LogP contribution is -2.34. The number of benzene rings is 1. The maximum atomic E-state index is 11.7. The zero-order chi connectivity index (χ0) is 14.6. The molecule has 0 aliphatic heterocycles. The summed E-state index contributed by atoms with van der Waals surface area (Å²) in [4.78, 5) is 22.3. The average Bonchev–Trinajstić information content (AvgIpc) is 2.26. The van der Waals surface area contributed by atoms with Crippen LogP contribution in [0.15, 0.2) is 29.2 Å². The molecule has 0 saturated carbocycles. The molecule has 0 aliphatic rings. The number of amides is 1. The van der Waals surface area contributed by atoms with Crippen molar-refractivity contribution >= 4 is 21.7 Å². The summed E-state index contributed by atoms with van der Waals surface area (Å²) in [5.74, 6) is -1.44. The lowest BCUT2D eigenvalue weighted by atomic mass is 10.2. The number of aliphatic carboxylic acids is 1. The van der Waals surface area contributed by atoms with Gasteiger partial charge in [-0.2, -0.15) is 0 Å². The minimum atomic E-state index is -3.29. The maximum Gasteiger partial charge on any atom is 0.305 e. The normalized spacial score (nSPS) is 12.7. The molecule has 0 spiro atoms. The number of hydrogen-bond donors (Lipinski definition) is 2. The van der Waals surface area contributed by atoms with E-state index in [1.54, 1.807) is 6.92 Å². The molecular formula is C12H15NO5S. The van der Waals surface area contributed by atoms with Crippen LogP contribution >= 0.6 is 0 Å². The summed E-state index contributed by atoms with van der Waals surface area (Å²) >= 11 is 0. The molecule has 0 radical (unpaired) electrons. The highest BCUT2D eigenvalue weighted by molar-refractivity contribution is 7.90. The fourth-order valence-corrected chi connectivity index (χ4v) is 2.10. The monoisotopic (exact) mass is 285 g/mol. The summed E-state index contributed by atoms with van der Waals surface area (Å²) in [6.45, 7) is 1.58. The predicted octanol–water partition coefficient (Wildman–Crippen LogP) is 0.683. The van der Waals surface area contributed by atoms with E-state index in [4.69, 9.17) is 5.11 Å². The van der Waals surface area contributed by atoms with Crippen LogP contribution in [0.1, 0.15) is 23.7 Å². The molecule has 7 heteroatoms. The zero-order valence-electron chi connectivity index (χ0n) is 10.6. The van der Waals surface area contributed by atoms with E-state index in [9.17, 15) is 18.0 Å². The van der Waals surface area contributed by atoms with Crippen molar-refractivity contribution in [1.82, 2.24) is 5.32 Å². The van der Waals surface area contributed by atoms with E-state index in [2.05, 4.69) is 5.32 Å². The van der Waals surface area contributed by atoms with Gasteiger partial charge in [-0.1, -0.05) is 0 Å². The first-order chi connectivity index (χ1) is 8.70. The third-order valence-electron chi connectivity index (χ3n) is 2.40. The van der Waals surface area contributed by atoms with Crippen LogP contribution in [0.25, 0.3) is 0 Å². The Morgan fingerprint density at radius 3 is 2.21 bits per heavy atom. The Morgan fingerprint density at radius 2 is 1.79 bits per heavy atom. The number of carbonyl (C=O) groups is 2. The van der Waals surface area contributed by atoms with E-state index in [1.807, 2.05) is 0 Å². The molecule has 0 fully saturated rings. The Morgan fingerprint density at radius 1 is 1.26 bits per heavy atom. The highest BCUT2D eigenvalue weighted by Crippen LogP contribution is 2.10. The molecule has 6 nitrogen and oxygen atoms in total. The highest BCUT2D eigenvalue weighted by Gasteiger charge is 2.13. The number of carbonyl (C=O) groups excluding carboxylic acids is 1. The summed E-state index contributed by atoms with van der Waals surface area (Å²) < 4.78 is 22.5. The van der Waals surface area contributed by atoms with Gasteiger partial charge < -0.3 is 10.4 Å². The van der Waals surface area contributed by atoms with Crippen LogP contribution in [0.3, 0.4) is 0 Å². The molecule has 104 valence electrons. The van der Waals surface area contributed by atoms with Crippen molar-refractivity contribution in [3.05, 3.63) is 29.8 Å². The molecule has 19 heavy (non-hydrogen) atoms. The Labute approximate surface area is 111 Å². The van der Waals surface area contributed by atoms with Gasteiger partial charge in [-0.15, -0.1) is 0 Å². The molecule has 0 aromatic heterocycles. The first-order valence-corrected chi connectivity index (χ1v) is 7.42. The molecule has 0 aliphatic carbocycles. The second kappa shape index (κ2) is 5.83. The van der Waals surface area contributed by atoms with Gasteiger partial charge in [0, 0.05) is 17.9 Å². The van der Waals surface area contributed by atoms with Crippen LogP contribution in [0.4, 0.5) is 0 Å². The van der Waals surface area contributed by atoms with Crippen LogP contribution in [0.2, 0.25) is 0 Å². The third kappa shape index (κ3) is 4.70. The van der Waals surface area contributed by atoms with E-state index in [-0.39, 0.29) is 16.9 Å². The van der Waals surface area contributed by atoms with E-state index < -0.39 is 27.8 Å². The van der Waals surface area contributed by atoms with Crippen LogP contribution in [-0.4, -0.2) is 37.7 Å². The van der Waals surface area contributed by atoms with Crippen LogP contribution in [0, 0.1) is 0 Å². The SMILES string of the molecule is CC(CC(=O)O)NC(=O)c1ccc(S(C)(=O)=O)cc1. The quantitative estimate of drug-likeness (QED) is 0.828. The standard InChI is InChI=1S/C12H15NO5S/c1-8(7-11(14)15)13-12(16)9-3-5-10(6-4-9)19(2,17)18/h3-6,8H,7H2,1-2H3,(H,13,16)(H,14,15). The van der Waals surface area contributed by atoms with E-state index in [0.717, 1.165) is 6.26 Å². The minimum Gasteiger partial charge on any atom is -0.481 e. The molecule has 1 unspecified atom stereocenters. The van der Waals surface area contributed by atoms with Gasteiger partial charge in [0.2, 0.25) is 0 Å². The first kappa shape index (κ1) is 15.2. The molecule has 1 aromatic rings. The highest BCUT2D eigenvalue weighted by atomic mass is 32.2. The van der Waals surface area contributed by atoms with Gasteiger partial charge in [0.1, 0.15) is 0 Å². The summed E-state index contributed by atoms with van der Waals surface area (Å²) in [5, 5.41) is 11.1. The first-order valence-electron chi connectivity index (χ1n) is 5.53. The third-order valence-corrected chi connectivity index (χ3v) is 3.53. The summed E-state index contributed by atoms with van der Waals surface area (Å²) in [6.07, 6.45) is 0.907. The van der Waals surface area contributed by atoms with Gasteiger partial charge in [0.05, 0.1) is 11.3 Å². The van der Waals surface area contributed by atoms with Crippen molar-refractivity contribution in [2.24, 2.45) is 0 Å². The van der Waals surface area contributed by atoms with E-state index >= 15 is 0 Å². The number of rotatable bonds is 5. The molecule has 2 N–H and O–H groups in total. The number of carboxylic acid groups (broad SMARTS) is 1. The fourth-order valence-electron chi connectivity index (χ4n) is 1.47. The number of carboxylic acids is 1. The van der Waals surface area contributed by atoms with Crippen molar-refractivity contribution in [2.45, 2.75) is 24.3 Å². The lowest BCUT2D eigenvalue weighted by molar-refractivity contribution is -0.137. The van der Waals surface area contributed by atoms with Crippen molar-refractivity contribution in [3.63, 3.8) is 0 Å². The number of nitrogens with one attached hydrogen (secondary N) is 1. The Hall–Kier alpha value is -1.89. The van der Waals surface area contributed by atoms with Crippen LogP contribution in [0.5, 0.6) is 0 Å². The molecule has 0 saturated heterocycles. The minimum absolute atomic E-state index is 0.127. The van der Waals surface area contributed by atoms with Gasteiger partial charge in [-0.25, -0.2) is 8.42 Å². The predicted molar refractivity (Wildman–Crippen MR) is 68.7 cm³/mol. The molecule has 0 bridgehead atoms. The fraction of sp³-hybridized carbons (Fsp3) is 0.333. The van der Waals surface area contributed by atoms with Gasteiger partial charge in [0.15, 0.2) is 9.84 Å². The number of sulfone groups is 1. The van der Waals surface area contributed by atoms with Gasteiger partial charge in [-0.3, -0.25) is 9.59 Å². The topological polar surface area (TPSA) is 101 Å².